The fourth-order valence-electron chi connectivity index (χ4n) is 3.72. The number of H-pyrrole nitrogens is 1. The number of benzene rings is 2. The van der Waals surface area contributed by atoms with Crippen molar-refractivity contribution in [2.24, 2.45) is 0 Å². The second-order valence-electron chi connectivity index (χ2n) is 6.67. The molecule has 0 amide bonds. The molecule has 2 aromatic carbocycles. The maximum absolute atomic E-state index is 13.1. The van der Waals surface area contributed by atoms with Crippen molar-refractivity contribution < 1.29 is 14.3 Å². The van der Waals surface area contributed by atoms with Gasteiger partial charge in [-0.3, -0.25) is 9.69 Å². The quantitative estimate of drug-likeness (QED) is 0.712. The summed E-state index contributed by atoms with van der Waals surface area (Å²) in [7, 11) is 0. The highest BCUT2D eigenvalue weighted by Crippen LogP contribution is 2.31. The molecule has 1 aliphatic rings. The molecule has 0 aliphatic carbocycles. The van der Waals surface area contributed by atoms with Crippen LogP contribution in [0.2, 0.25) is 5.02 Å². The predicted octanol–water partition coefficient (Wildman–Crippen LogP) is 3.91. The van der Waals surface area contributed by atoms with Crippen molar-refractivity contribution in [3.63, 3.8) is 0 Å². The number of nitrogens with zero attached hydrogens (tertiary/aromatic N) is 2. The molecule has 0 radical (unpaired) electrons. The third-order valence-corrected chi connectivity index (χ3v) is 5.31. The van der Waals surface area contributed by atoms with Gasteiger partial charge >= 0.3 is 5.97 Å². The number of carbonyl (C=O) groups is 1. The molecule has 1 aliphatic heterocycles. The van der Waals surface area contributed by atoms with Gasteiger partial charge in [0.2, 0.25) is 0 Å². The lowest BCUT2D eigenvalue weighted by Gasteiger charge is -2.38. The molecule has 0 saturated carbocycles. The summed E-state index contributed by atoms with van der Waals surface area (Å²) in [6.07, 6.45) is 1.76. The zero-order valence-electron chi connectivity index (χ0n) is 14.5. The van der Waals surface area contributed by atoms with Gasteiger partial charge in [-0.05, 0) is 36.4 Å². The highest BCUT2D eigenvalue weighted by molar-refractivity contribution is 6.31. The summed E-state index contributed by atoms with van der Waals surface area (Å²) in [5.74, 6) is -1.14. The standard InChI is InChI=1S/C20H19ClFN3O2/c21-13-1-6-16-17(12-23-18(16)11-13)19(20(26)27)25-9-7-24(8-10-25)15-4-2-14(22)3-5-15/h1-6,11-12,19,23H,7-10H2,(H,26,27)/t19-/m0/s1. The van der Waals surface area contributed by atoms with Crippen LogP contribution in [-0.2, 0) is 4.79 Å². The van der Waals surface area contributed by atoms with Crippen molar-refractivity contribution in [3.05, 3.63) is 65.1 Å². The van der Waals surface area contributed by atoms with Crippen LogP contribution in [-0.4, -0.2) is 47.1 Å². The van der Waals surface area contributed by atoms with E-state index in [9.17, 15) is 14.3 Å². The van der Waals surface area contributed by atoms with Crippen LogP contribution >= 0.6 is 11.6 Å². The van der Waals surface area contributed by atoms with Gasteiger partial charge in [-0.2, -0.15) is 0 Å². The molecule has 0 spiro atoms. The molecular formula is C20H19ClFN3O2. The van der Waals surface area contributed by atoms with E-state index in [1.54, 1.807) is 30.5 Å². The Hall–Kier alpha value is -2.57. The van der Waals surface area contributed by atoms with E-state index in [1.807, 2.05) is 11.0 Å². The Bertz CT molecular complexity index is 965. The van der Waals surface area contributed by atoms with Crippen LogP contribution in [0.3, 0.4) is 0 Å². The highest BCUT2D eigenvalue weighted by atomic mass is 35.5. The molecular weight excluding hydrogens is 369 g/mol. The van der Waals surface area contributed by atoms with E-state index >= 15 is 0 Å². The van der Waals surface area contributed by atoms with E-state index in [0.29, 0.717) is 31.2 Å². The number of aliphatic carboxylic acids is 1. The lowest BCUT2D eigenvalue weighted by atomic mass is 10.0. The van der Waals surface area contributed by atoms with E-state index in [0.717, 1.165) is 22.2 Å². The number of rotatable bonds is 4. The number of anilines is 1. The number of hydrogen-bond acceptors (Lipinski definition) is 3. The summed E-state index contributed by atoms with van der Waals surface area (Å²) in [6, 6.07) is 11.1. The molecule has 140 valence electrons. The Morgan fingerprint density at radius 3 is 2.48 bits per heavy atom. The van der Waals surface area contributed by atoms with Gasteiger partial charge < -0.3 is 15.0 Å². The van der Waals surface area contributed by atoms with Gasteiger partial charge in [-0.15, -0.1) is 0 Å². The first-order chi connectivity index (χ1) is 13.0. The first-order valence-corrected chi connectivity index (χ1v) is 9.14. The summed E-state index contributed by atoms with van der Waals surface area (Å²) in [5, 5.41) is 11.4. The molecule has 0 unspecified atom stereocenters. The van der Waals surface area contributed by atoms with Crippen molar-refractivity contribution in [1.29, 1.82) is 0 Å². The molecule has 1 atom stereocenters. The Labute approximate surface area is 161 Å². The molecule has 1 aromatic heterocycles. The second kappa shape index (κ2) is 7.21. The smallest absolute Gasteiger partial charge is 0.325 e. The van der Waals surface area contributed by atoms with Gasteiger partial charge in [0.05, 0.1) is 0 Å². The lowest BCUT2D eigenvalue weighted by Crippen LogP contribution is -2.49. The molecule has 3 aromatic rings. The minimum absolute atomic E-state index is 0.261. The molecule has 2 heterocycles. The van der Waals surface area contributed by atoms with E-state index in [-0.39, 0.29) is 5.82 Å². The predicted molar refractivity (Wildman–Crippen MR) is 104 cm³/mol. The van der Waals surface area contributed by atoms with Gasteiger partial charge in [-0.25, -0.2) is 4.39 Å². The third-order valence-electron chi connectivity index (χ3n) is 5.08. The SMILES string of the molecule is O=C(O)[C@H](c1c[nH]c2cc(Cl)ccc12)N1CCN(c2ccc(F)cc2)CC1. The average Bonchev–Trinajstić information content (AvgIpc) is 3.05. The molecule has 1 fully saturated rings. The Balaban J connectivity index is 1.55. The summed E-state index contributed by atoms with van der Waals surface area (Å²) < 4.78 is 13.1. The van der Waals surface area contributed by atoms with Crippen molar-refractivity contribution in [3.8, 4) is 0 Å². The topological polar surface area (TPSA) is 59.6 Å². The molecule has 27 heavy (non-hydrogen) atoms. The van der Waals surface area contributed by atoms with Crippen molar-refractivity contribution in [1.82, 2.24) is 9.88 Å². The van der Waals surface area contributed by atoms with E-state index in [1.165, 1.54) is 12.1 Å². The van der Waals surface area contributed by atoms with E-state index in [4.69, 9.17) is 11.6 Å². The number of nitrogens with one attached hydrogen (secondary N) is 1. The van der Waals surface area contributed by atoms with Crippen LogP contribution in [0.4, 0.5) is 10.1 Å². The number of piperazine rings is 1. The van der Waals surface area contributed by atoms with Gasteiger partial charge in [-0.1, -0.05) is 17.7 Å². The number of aromatic nitrogens is 1. The van der Waals surface area contributed by atoms with E-state index in [2.05, 4.69) is 9.88 Å². The largest absolute Gasteiger partial charge is 0.480 e. The first-order valence-electron chi connectivity index (χ1n) is 8.77. The fraction of sp³-hybridized carbons (Fsp3) is 0.250. The number of halogens is 2. The number of fused-ring (bicyclic) bond motifs is 1. The molecule has 4 rings (SSSR count). The molecule has 1 saturated heterocycles. The van der Waals surface area contributed by atoms with Crippen LogP contribution in [0.5, 0.6) is 0 Å². The van der Waals surface area contributed by atoms with Gasteiger partial charge in [0, 0.05) is 59.6 Å². The van der Waals surface area contributed by atoms with Crippen LogP contribution in [0.15, 0.2) is 48.7 Å². The Morgan fingerprint density at radius 1 is 1.11 bits per heavy atom. The number of aromatic amines is 1. The lowest BCUT2D eigenvalue weighted by molar-refractivity contribution is -0.143. The zero-order valence-corrected chi connectivity index (χ0v) is 15.3. The van der Waals surface area contributed by atoms with Crippen LogP contribution in [0.25, 0.3) is 10.9 Å². The van der Waals surface area contributed by atoms with Gasteiger partial charge in [0.15, 0.2) is 0 Å². The van der Waals surface area contributed by atoms with Gasteiger partial charge in [0.25, 0.3) is 0 Å². The number of carboxylic acids is 1. The minimum atomic E-state index is -0.874. The molecule has 0 bridgehead atoms. The monoisotopic (exact) mass is 387 g/mol. The molecule has 2 N–H and O–H groups in total. The maximum Gasteiger partial charge on any atom is 0.325 e. The van der Waals surface area contributed by atoms with Crippen LogP contribution in [0.1, 0.15) is 11.6 Å². The zero-order chi connectivity index (χ0) is 19.0. The molecule has 7 heteroatoms. The van der Waals surface area contributed by atoms with Gasteiger partial charge in [0.1, 0.15) is 11.9 Å². The normalized spacial score (nSPS) is 16.6. The summed E-state index contributed by atoms with van der Waals surface area (Å²) in [4.78, 5) is 19.3. The molecule has 5 nitrogen and oxygen atoms in total. The van der Waals surface area contributed by atoms with Crippen molar-refractivity contribution >= 4 is 34.2 Å². The van der Waals surface area contributed by atoms with Crippen LogP contribution < -0.4 is 4.90 Å². The minimum Gasteiger partial charge on any atom is -0.480 e. The number of hydrogen-bond donors (Lipinski definition) is 2. The average molecular weight is 388 g/mol. The van der Waals surface area contributed by atoms with Crippen molar-refractivity contribution in [2.75, 3.05) is 31.1 Å². The number of carboxylic acid groups (broad SMARTS) is 1. The third kappa shape index (κ3) is 3.50. The fourth-order valence-corrected chi connectivity index (χ4v) is 3.90. The summed E-state index contributed by atoms with van der Waals surface area (Å²) in [5.41, 5.74) is 2.52. The summed E-state index contributed by atoms with van der Waals surface area (Å²) >= 11 is 6.03. The Morgan fingerprint density at radius 2 is 1.81 bits per heavy atom. The van der Waals surface area contributed by atoms with Crippen molar-refractivity contribution in [2.45, 2.75) is 6.04 Å². The summed E-state index contributed by atoms with van der Waals surface area (Å²) in [6.45, 7) is 2.58. The van der Waals surface area contributed by atoms with E-state index < -0.39 is 12.0 Å². The highest BCUT2D eigenvalue weighted by Gasteiger charge is 2.32. The van der Waals surface area contributed by atoms with Crippen LogP contribution in [0, 0.1) is 5.82 Å². The maximum atomic E-state index is 13.1. The first kappa shape index (κ1) is 17.8. The second-order valence-corrected chi connectivity index (χ2v) is 7.11. The Kier molecular flexibility index (Phi) is 4.76.